The van der Waals surface area contributed by atoms with Crippen LogP contribution in [0.25, 0.3) is 17.8 Å². The highest BCUT2D eigenvalue weighted by atomic mass is 16.5. The van der Waals surface area contributed by atoms with Gasteiger partial charge in [-0.15, -0.1) is 0 Å². The number of aromatic nitrogens is 1. The van der Waals surface area contributed by atoms with Gasteiger partial charge in [0.15, 0.2) is 0 Å². The van der Waals surface area contributed by atoms with E-state index in [0.717, 1.165) is 37.9 Å². The Balaban J connectivity index is 1.17. The number of hydrogen-bond acceptors (Lipinski definition) is 2. The van der Waals surface area contributed by atoms with Gasteiger partial charge in [-0.1, -0.05) is 59.7 Å². The van der Waals surface area contributed by atoms with Gasteiger partial charge in [0.1, 0.15) is 11.9 Å². The average molecular weight is 535 g/mol. The summed E-state index contributed by atoms with van der Waals surface area (Å²) in [7, 11) is 0. The topological polar surface area (TPSA) is 17.4 Å². The molecule has 3 aromatic rings. The molecule has 0 radical (unpaired) electrons. The number of anilines is 1. The molecule has 6 aliphatic rings. The molecule has 0 N–H and O–H groups in total. The van der Waals surface area contributed by atoms with Gasteiger partial charge in [-0.05, 0) is 97.9 Å². The Labute approximate surface area is 242 Å². The number of benzene rings is 2. The largest absolute Gasteiger partial charge is 0.485 e. The normalized spacial score (nSPS) is 24.9. The molecule has 4 aliphatic carbocycles. The molecule has 3 atom stereocenters. The van der Waals surface area contributed by atoms with Crippen LogP contribution in [0.5, 0.6) is 0 Å². The van der Waals surface area contributed by atoms with E-state index in [1.165, 1.54) is 67.3 Å². The van der Waals surface area contributed by atoms with Gasteiger partial charge in [0.2, 0.25) is 0 Å². The maximum absolute atomic E-state index is 6.84. The van der Waals surface area contributed by atoms with Gasteiger partial charge < -0.3 is 14.2 Å². The van der Waals surface area contributed by atoms with Crippen molar-refractivity contribution in [1.29, 1.82) is 0 Å². The summed E-state index contributed by atoms with van der Waals surface area (Å²) in [5.74, 6) is 1.10. The number of nitrogens with zero attached hydrogens (tertiary/aromatic N) is 2. The van der Waals surface area contributed by atoms with Crippen molar-refractivity contribution in [3.63, 3.8) is 0 Å². The highest BCUT2D eigenvalue weighted by molar-refractivity contribution is 5.76. The second kappa shape index (κ2) is 8.63. The third-order valence-corrected chi connectivity index (χ3v) is 10.0. The van der Waals surface area contributed by atoms with Gasteiger partial charge in [0.25, 0.3) is 0 Å². The van der Waals surface area contributed by atoms with Crippen molar-refractivity contribution in [3.05, 3.63) is 141 Å². The Hall–Kier alpha value is -4.24. The van der Waals surface area contributed by atoms with E-state index in [1.807, 2.05) is 0 Å². The minimum atomic E-state index is 0.107. The molecule has 2 aromatic carbocycles. The summed E-state index contributed by atoms with van der Waals surface area (Å²) < 4.78 is 9.34. The van der Waals surface area contributed by atoms with Gasteiger partial charge in [-0.2, -0.15) is 0 Å². The Morgan fingerprint density at radius 3 is 2.32 bits per heavy atom. The molecule has 3 nitrogen and oxygen atoms in total. The molecular formula is C38H34N2O. The predicted octanol–water partition coefficient (Wildman–Crippen LogP) is 8.12. The Morgan fingerprint density at radius 1 is 0.732 bits per heavy atom. The number of ether oxygens (including phenoxy) is 1. The smallest absolute Gasteiger partial charge is 0.128 e. The van der Waals surface area contributed by atoms with E-state index in [0.29, 0.717) is 12.1 Å². The summed E-state index contributed by atoms with van der Waals surface area (Å²) in [4.78, 5) is 2.69. The number of fused-ring (bicyclic) bond motifs is 8. The second-order valence-electron chi connectivity index (χ2n) is 12.5. The molecule has 3 heterocycles. The lowest BCUT2D eigenvalue weighted by Crippen LogP contribution is -2.37. The summed E-state index contributed by atoms with van der Waals surface area (Å²) in [6.07, 6.45) is 21.8. The molecule has 1 saturated heterocycles. The monoisotopic (exact) mass is 534 g/mol. The van der Waals surface area contributed by atoms with Crippen molar-refractivity contribution < 1.29 is 4.74 Å². The fraction of sp³-hybridized carbons (Fsp3) is 0.263. The summed E-state index contributed by atoms with van der Waals surface area (Å²) in [5, 5.41) is 0. The molecule has 0 spiro atoms. The first-order chi connectivity index (χ1) is 20.1. The van der Waals surface area contributed by atoms with Crippen LogP contribution in [-0.4, -0.2) is 22.8 Å². The quantitative estimate of drug-likeness (QED) is 0.330. The number of hydrogen-bond donors (Lipinski definition) is 0. The van der Waals surface area contributed by atoms with Crippen LogP contribution in [-0.2, 0) is 17.6 Å². The van der Waals surface area contributed by atoms with Crippen molar-refractivity contribution in [3.8, 4) is 5.69 Å². The number of aryl methyl sites for hydroxylation is 2. The van der Waals surface area contributed by atoms with Crippen molar-refractivity contribution >= 4 is 17.8 Å². The van der Waals surface area contributed by atoms with Crippen LogP contribution in [0.2, 0.25) is 0 Å². The van der Waals surface area contributed by atoms with E-state index in [-0.39, 0.29) is 6.10 Å². The van der Waals surface area contributed by atoms with Gasteiger partial charge in [-0.25, -0.2) is 0 Å². The number of allylic oxidation sites excluding steroid dienone is 4. The molecule has 1 aromatic heterocycles. The molecule has 3 unspecified atom stereocenters. The minimum absolute atomic E-state index is 0.107. The van der Waals surface area contributed by atoms with E-state index >= 15 is 0 Å². The Morgan fingerprint density at radius 2 is 1.51 bits per heavy atom. The van der Waals surface area contributed by atoms with Gasteiger partial charge in [0, 0.05) is 41.1 Å². The molecule has 0 saturated carbocycles. The molecular weight excluding hydrogens is 500 g/mol. The minimum Gasteiger partial charge on any atom is -0.485 e. The van der Waals surface area contributed by atoms with Crippen molar-refractivity contribution in [1.82, 2.24) is 4.57 Å². The third-order valence-electron chi connectivity index (χ3n) is 10.0. The first kappa shape index (κ1) is 23.5. The van der Waals surface area contributed by atoms with E-state index in [4.69, 9.17) is 4.74 Å². The first-order valence-corrected chi connectivity index (χ1v) is 15.2. The second-order valence-corrected chi connectivity index (χ2v) is 12.5. The lowest BCUT2D eigenvalue weighted by Gasteiger charge is -2.33. The van der Waals surface area contributed by atoms with E-state index in [9.17, 15) is 0 Å². The van der Waals surface area contributed by atoms with Crippen LogP contribution in [0.1, 0.15) is 52.9 Å². The molecule has 0 amide bonds. The van der Waals surface area contributed by atoms with E-state index in [2.05, 4.69) is 114 Å². The predicted molar refractivity (Wildman–Crippen MR) is 167 cm³/mol. The van der Waals surface area contributed by atoms with Gasteiger partial charge in [0.05, 0.1) is 17.8 Å². The molecule has 9 rings (SSSR count). The maximum atomic E-state index is 6.84. The maximum Gasteiger partial charge on any atom is 0.128 e. The van der Waals surface area contributed by atoms with Crippen molar-refractivity contribution in [2.45, 2.75) is 64.1 Å². The molecule has 1 fully saturated rings. The fourth-order valence-electron chi connectivity index (χ4n) is 8.09. The zero-order valence-corrected chi connectivity index (χ0v) is 23.7. The van der Waals surface area contributed by atoms with Gasteiger partial charge >= 0.3 is 0 Å². The molecule has 3 heteroatoms. The first-order valence-electron chi connectivity index (χ1n) is 15.2. The van der Waals surface area contributed by atoms with Crippen molar-refractivity contribution in [2.75, 3.05) is 4.90 Å². The molecule has 202 valence electrons. The standard InChI is InChI=1S/C38H34N2O/c1-23-11-15-25(16-12-23)39-33-9-5-3-7-27(33)29-21-37-31(19-35(29)39)32-20-36-30(22-38(32)41-37)28-8-4-6-10-34(28)40(36)26-17-13-24(2)14-18-26/h3,5-7,10-18,20-21,33,35,38H,4,8-9,19,22H2,1-2H3. The van der Waals surface area contributed by atoms with Crippen LogP contribution in [0.3, 0.4) is 0 Å². The van der Waals surface area contributed by atoms with Crippen LogP contribution in [0, 0.1) is 13.8 Å². The van der Waals surface area contributed by atoms with Crippen molar-refractivity contribution in [2.24, 2.45) is 0 Å². The Kier molecular flexibility index (Phi) is 4.94. The van der Waals surface area contributed by atoms with Crippen LogP contribution in [0.15, 0.2) is 107 Å². The fourth-order valence-corrected chi connectivity index (χ4v) is 8.09. The van der Waals surface area contributed by atoms with Crippen LogP contribution >= 0.6 is 0 Å². The third kappa shape index (κ3) is 3.38. The summed E-state index contributed by atoms with van der Waals surface area (Å²) in [5.41, 5.74) is 16.6. The van der Waals surface area contributed by atoms with Crippen LogP contribution < -0.4 is 4.90 Å². The summed E-state index contributed by atoms with van der Waals surface area (Å²) in [6.45, 7) is 4.34. The zero-order chi connectivity index (χ0) is 27.2. The highest BCUT2D eigenvalue weighted by Crippen LogP contribution is 2.52. The van der Waals surface area contributed by atoms with Crippen LogP contribution in [0.4, 0.5) is 5.69 Å². The SMILES string of the molecule is Cc1ccc(N2C3CC=CC=C3C3=CC4=C(CC32)C2=Cc3c(c5c(n3-c3ccc(C)cc3)C=CCC5)CC2O4)cc1. The lowest BCUT2D eigenvalue weighted by atomic mass is 9.82. The lowest BCUT2D eigenvalue weighted by molar-refractivity contribution is 0.175. The summed E-state index contributed by atoms with van der Waals surface area (Å²) >= 11 is 0. The van der Waals surface area contributed by atoms with E-state index in [1.54, 1.807) is 0 Å². The van der Waals surface area contributed by atoms with E-state index < -0.39 is 0 Å². The molecule has 41 heavy (non-hydrogen) atoms. The highest BCUT2D eigenvalue weighted by Gasteiger charge is 2.47. The average Bonchev–Trinajstić information content (AvgIpc) is 3.63. The zero-order valence-electron chi connectivity index (χ0n) is 23.7. The number of rotatable bonds is 2. The molecule has 2 aliphatic heterocycles. The molecule has 0 bridgehead atoms. The Bertz CT molecular complexity index is 1800. The summed E-state index contributed by atoms with van der Waals surface area (Å²) in [6, 6.07) is 18.9. The van der Waals surface area contributed by atoms with Gasteiger partial charge in [-0.3, -0.25) is 0 Å².